The monoisotopic (exact) mass is 385 g/mol. The highest BCUT2D eigenvalue weighted by atomic mass is 16.5. The van der Waals surface area contributed by atoms with E-state index in [1.165, 1.54) is 0 Å². The van der Waals surface area contributed by atoms with Gasteiger partial charge in [-0.1, -0.05) is 13.3 Å². The third kappa shape index (κ3) is 20.3. The summed E-state index contributed by atoms with van der Waals surface area (Å²) in [5.74, 6) is -0.237. The van der Waals surface area contributed by atoms with Crippen LogP contribution in [0.4, 0.5) is 5.69 Å². The molecule has 2 N–H and O–H groups in total. The third-order valence-corrected chi connectivity index (χ3v) is 2.86. The average molecular weight is 386 g/mol. The molecule has 0 saturated carbocycles. The van der Waals surface area contributed by atoms with Crippen molar-refractivity contribution >= 4 is 11.7 Å². The van der Waals surface area contributed by atoms with Crippen molar-refractivity contribution in [2.24, 2.45) is 0 Å². The van der Waals surface area contributed by atoms with Crippen LogP contribution >= 0.6 is 0 Å². The molecule has 0 amide bonds. The molecule has 1 rings (SSSR count). The molecule has 6 heteroatoms. The second kappa shape index (κ2) is 24.1. The van der Waals surface area contributed by atoms with E-state index in [1.54, 1.807) is 12.1 Å². The van der Waals surface area contributed by atoms with Crippen molar-refractivity contribution in [1.82, 2.24) is 0 Å². The number of carbonyl (C=O) groups excluding carboxylic acids is 1. The number of ether oxygens (including phenoxy) is 2. The van der Waals surface area contributed by atoms with E-state index in [0.717, 1.165) is 31.7 Å². The molecule has 0 saturated heterocycles. The number of benzene rings is 1. The number of carbonyl (C=O) groups is 1. The summed E-state index contributed by atoms with van der Waals surface area (Å²) in [6.07, 6.45) is 1.95. The molecule has 1 aromatic rings. The Hall–Kier alpha value is -1.89. The lowest BCUT2D eigenvalue weighted by atomic mass is 10.2. The maximum absolute atomic E-state index is 11.6. The largest absolute Gasteiger partial charge is 0.462 e. The predicted octanol–water partition coefficient (Wildman–Crippen LogP) is 3.53. The van der Waals surface area contributed by atoms with Gasteiger partial charge in [-0.2, -0.15) is 0 Å². The summed E-state index contributed by atoms with van der Waals surface area (Å²) in [5.41, 5.74) is 1.69. The molecule has 1 aromatic carbocycles. The van der Waals surface area contributed by atoms with Crippen LogP contribution in [0, 0.1) is 0 Å². The van der Waals surface area contributed by atoms with Crippen LogP contribution in [0.15, 0.2) is 37.4 Å². The Morgan fingerprint density at radius 2 is 1.48 bits per heavy atom. The van der Waals surface area contributed by atoms with Gasteiger partial charge in [0.2, 0.25) is 0 Å². The molecule has 0 unspecified atom stereocenters. The summed E-state index contributed by atoms with van der Waals surface area (Å²) in [4.78, 5) is 13.6. The molecule has 158 valence electrons. The molecular formula is C21H39NO5. The van der Waals surface area contributed by atoms with Crippen LogP contribution in [0.5, 0.6) is 0 Å². The normalized spacial score (nSPS) is 8.70. The van der Waals surface area contributed by atoms with E-state index in [4.69, 9.17) is 19.7 Å². The van der Waals surface area contributed by atoms with Crippen LogP contribution in [-0.4, -0.2) is 63.3 Å². The summed E-state index contributed by atoms with van der Waals surface area (Å²) in [5, 5.41) is 15.2. The summed E-state index contributed by atoms with van der Waals surface area (Å²) in [7, 11) is 3.93. The zero-order valence-electron chi connectivity index (χ0n) is 17.7. The van der Waals surface area contributed by atoms with E-state index >= 15 is 0 Å². The lowest BCUT2D eigenvalue weighted by molar-refractivity contribution is 0.0499. The molecule has 0 atom stereocenters. The third-order valence-electron chi connectivity index (χ3n) is 2.86. The number of aliphatic hydroxyl groups excluding tert-OH is 2. The number of unbranched alkanes of at least 4 members (excludes halogenated alkanes) is 1. The van der Waals surface area contributed by atoms with E-state index in [-0.39, 0.29) is 19.2 Å². The number of aliphatic hydroxyl groups is 2. The highest BCUT2D eigenvalue weighted by molar-refractivity contribution is 5.89. The fraction of sp³-hybridized carbons (Fsp3) is 0.571. The SMILES string of the molecule is C=C.CCCCOC(=O)c1ccc(N(C)C)cc1.CCOCC.OCCO. The number of nitrogens with zero attached hydrogens (tertiary/aromatic N) is 1. The zero-order chi connectivity index (χ0) is 21.5. The lowest BCUT2D eigenvalue weighted by Gasteiger charge is -2.12. The number of rotatable bonds is 8. The van der Waals surface area contributed by atoms with Crippen molar-refractivity contribution in [3.63, 3.8) is 0 Å². The highest BCUT2D eigenvalue weighted by Gasteiger charge is 2.06. The Bertz CT molecular complexity index is 417. The molecule has 0 aliphatic carbocycles. The summed E-state index contributed by atoms with van der Waals surface area (Å²) < 4.78 is 9.95. The van der Waals surface area contributed by atoms with Crippen molar-refractivity contribution in [1.29, 1.82) is 0 Å². The van der Waals surface area contributed by atoms with Crippen molar-refractivity contribution in [3.05, 3.63) is 43.0 Å². The van der Waals surface area contributed by atoms with Gasteiger partial charge in [0.05, 0.1) is 25.4 Å². The summed E-state index contributed by atoms with van der Waals surface area (Å²) in [6, 6.07) is 7.42. The Balaban J connectivity index is -0.000000434. The van der Waals surface area contributed by atoms with Gasteiger partial charge < -0.3 is 24.6 Å². The van der Waals surface area contributed by atoms with Gasteiger partial charge >= 0.3 is 5.97 Å². The number of hydrogen-bond acceptors (Lipinski definition) is 6. The molecule has 0 spiro atoms. The molecule has 27 heavy (non-hydrogen) atoms. The van der Waals surface area contributed by atoms with Gasteiger partial charge in [-0.15, -0.1) is 13.2 Å². The quantitative estimate of drug-likeness (QED) is 0.405. The van der Waals surface area contributed by atoms with Crippen molar-refractivity contribution in [2.75, 3.05) is 52.0 Å². The average Bonchev–Trinajstić information content (AvgIpc) is 2.71. The summed E-state index contributed by atoms with van der Waals surface area (Å²) >= 11 is 0. The van der Waals surface area contributed by atoms with E-state index < -0.39 is 0 Å². The number of esters is 1. The molecule has 0 aliphatic heterocycles. The molecule has 0 aromatic heterocycles. The van der Waals surface area contributed by atoms with Crippen LogP contribution in [-0.2, 0) is 9.47 Å². The van der Waals surface area contributed by atoms with Crippen LogP contribution in [0.2, 0.25) is 0 Å². The van der Waals surface area contributed by atoms with Crippen LogP contribution in [0.3, 0.4) is 0 Å². The minimum Gasteiger partial charge on any atom is -0.462 e. The van der Waals surface area contributed by atoms with Gasteiger partial charge in [0.25, 0.3) is 0 Å². The van der Waals surface area contributed by atoms with E-state index in [2.05, 4.69) is 20.1 Å². The Kier molecular flexibility index (Phi) is 26.7. The number of anilines is 1. The minimum absolute atomic E-state index is 0.125. The number of hydrogen-bond donors (Lipinski definition) is 2. The standard InChI is InChI=1S/C13H19NO2.C4H10O.C2H6O2.C2H4/c1-4-5-10-16-13(15)11-6-8-12(9-7-11)14(2)3;1-3-5-4-2;3-1-2-4;1-2/h6-9H,4-5,10H2,1-3H3;3-4H2,1-2H3;3-4H,1-2H2;1-2H2. The van der Waals surface area contributed by atoms with Crippen molar-refractivity contribution in [2.45, 2.75) is 33.6 Å². The van der Waals surface area contributed by atoms with Gasteiger partial charge in [0.15, 0.2) is 0 Å². The lowest BCUT2D eigenvalue weighted by Crippen LogP contribution is -2.10. The highest BCUT2D eigenvalue weighted by Crippen LogP contribution is 2.13. The van der Waals surface area contributed by atoms with Gasteiger partial charge in [-0.05, 0) is 44.5 Å². The van der Waals surface area contributed by atoms with E-state index in [9.17, 15) is 4.79 Å². The molecular weight excluding hydrogens is 346 g/mol. The Labute approximate surface area is 165 Å². The maximum atomic E-state index is 11.6. The van der Waals surface area contributed by atoms with Gasteiger partial charge in [0.1, 0.15) is 0 Å². The maximum Gasteiger partial charge on any atom is 0.338 e. The second-order valence-corrected chi connectivity index (χ2v) is 5.16. The fourth-order valence-electron chi connectivity index (χ4n) is 1.49. The zero-order valence-corrected chi connectivity index (χ0v) is 17.7. The van der Waals surface area contributed by atoms with Crippen LogP contribution in [0.1, 0.15) is 44.0 Å². The molecule has 0 heterocycles. The molecule has 0 fully saturated rings. The van der Waals surface area contributed by atoms with Crippen molar-refractivity contribution < 1.29 is 24.5 Å². The van der Waals surface area contributed by atoms with Gasteiger partial charge in [-0.3, -0.25) is 0 Å². The molecule has 0 radical (unpaired) electrons. The first-order valence-electron chi connectivity index (χ1n) is 9.22. The first-order chi connectivity index (χ1) is 13.0. The first kappa shape index (κ1) is 29.9. The molecule has 0 bridgehead atoms. The van der Waals surface area contributed by atoms with Gasteiger partial charge in [-0.25, -0.2) is 4.79 Å². The van der Waals surface area contributed by atoms with E-state index in [1.807, 2.05) is 45.0 Å². The van der Waals surface area contributed by atoms with Crippen LogP contribution < -0.4 is 4.90 Å². The van der Waals surface area contributed by atoms with E-state index in [0.29, 0.717) is 12.2 Å². The van der Waals surface area contributed by atoms with Crippen LogP contribution in [0.25, 0.3) is 0 Å². The Morgan fingerprint density at radius 3 is 1.78 bits per heavy atom. The van der Waals surface area contributed by atoms with Gasteiger partial charge in [0, 0.05) is 33.0 Å². The first-order valence-corrected chi connectivity index (χ1v) is 9.22. The molecule has 6 nitrogen and oxygen atoms in total. The topological polar surface area (TPSA) is 79.2 Å². The van der Waals surface area contributed by atoms with Crippen molar-refractivity contribution in [3.8, 4) is 0 Å². The Morgan fingerprint density at radius 1 is 1.00 bits per heavy atom. The second-order valence-electron chi connectivity index (χ2n) is 5.16. The molecule has 0 aliphatic rings. The smallest absolute Gasteiger partial charge is 0.338 e. The minimum atomic E-state index is -0.237. The summed E-state index contributed by atoms with van der Waals surface area (Å²) in [6.45, 7) is 14.0. The fourth-order valence-corrected chi connectivity index (χ4v) is 1.49. The predicted molar refractivity (Wildman–Crippen MR) is 114 cm³/mol.